The minimum atomic E-state index is -1.83. The van der Waals surface area contributed by atoms with Gasteiger partial charge in [0.15, 0.2) is 0 Å². The highest BCUT2D eigenvalue weighted by Gasteiger charge is 2.02. The summed E-state index contributed by atoms with van der Waals surface area (Å²) < 4.78 is 0. The third kappa shape index (κ3) is 6.57. The molecule has 0 saturated carbocycles. The molecule has 0 amide bonds. The van der Waals surface area contributed by atoms with Crippen molar-refractivity contribution in [3.05, 3.63) is 89.5 Å². The molecule has 2 rings (SSSR count). The van der Waals surface area contributed by atoms with Crippen molar-refractivity contribution >= 4 is 11.7 Å². The molecule has 3 nitrogen and oxygen atoms in total. The zero-order valence-corrected chi connectivity index (χ0v) is 12.7. The van der Waals surface area contributed by atoms with E-state index in [-0.39, 0.29) is 0 Å². The summed E-state index contributed by atoms with van der Waals surface area (Å²) in [6, 6.07) is 21.0. The van der Waals surface area contributed by atoms with E-state index in [0.29, 0.717) is 0 Å². The maximum Gasteiger partial charge on any atom is 0.503 e. The van der Waals surface area contributed by atoms with Crippen LogP contribution < -0.4 is 0 Å². The van der Waals surface area contributed by atoms with E-state index in [1.54, 1.807) is 0 Å². The van der Waals surface area contributed by atoms with Crippen LogP contribution >= 0.6 is 0 Å². The smallest absolute Gasteiger partial charge is 0.450 e. The first-order valence-corrected chi connectivity index (χ1v) is 6.88. The molecule has 0 atom stereocenters. The Bertz CT molecular complexity index is 591. The molecule has 2 aromatic carbocycles. The molecule has 3 heteroatoms. The summed E-state index contributed by atoms with van der Waals surface area (Å²) in [6.07, 6.45) is 2.52. The van der Waals surface area contributed by atoms with Crippen LogP contribution in [0.1, 0.15) is 25.0 Å². The average molecular weight is 296 g/mol. The van der Waals surface area contributed by atoms with Gasteiger partial charge in [-0.2, -0.15) is 0 Å². The minimum Gasteiger partial charge on any atom is -0.450 e. The molecule has 0 saturated heterocycles. The summed E-state index contributed by atoms with van der Waals surface area (Å²) in [4.78, 5) is 8.56. The highest BCUT2D eigenvalue weighted by molar-refractivity contribution is 5.80. The second-order valence-corrected chi connectivity index (χ2v) is 4.84. The highest BCUT2D eigenvalue weighted by Crippen LogP contribution is 2.23. The van der Waals surface area contributed by atoms with Gasteiger partial charge in [-0.3, -0.25) is 0 Å². The van der Waals surface area contributed by atoms with Crippen molar-refractivity contribution in [2.75, 3.05) is 0 Å². The first-order chi connectivity index (χ1) is 10.5. The van der Waals surface area contributed by atoms with Gasteiger partial charge in [0, 0.05) is 0 Å². The zero-order chi connectivity index (χ0) is 16.4. The zero-order valence-electron chi connectivity index (χ0n) is 12.7. The first-order valence-electron chi connectivity index (χ1n) is 6.88. The van der Waals surface area contributed by atoms with Crippen molar-refractivity contribution in [2.45, 2.75) is 13.8 Å². The highest BCUT2D eigenvalue weighted by atomic mass is 16.6. The van der Waals surface area contributed by atoms with E-state index in [0.717, 1.165) is 0 Å². The number of hydrogen-bond acceptors (Lipinski definition) is 1. The van der Waals surface area contributed by atoms with Crippen molar-refractivity contribution in [1.29, 1.82) is 0 Å². The quantitative estimate of drug-likeness (QED) is 0.755. The van der Waals surface area contributed by atoms with E-state index in [1.165, 1.54) is 22.3 Å². The minimum absolute atomic E-state index is 1.25. The Morgan fingerprint density at radius 3 is 1.45 bits per heavy atom. The molecule has 0 heterocycles. The third-order valence-electron chi connectivity index (χ3n) is 2.75. The number of allylic oxidation sites excluding steroid dienone is 3. The number of rotatable bonds is 3. The van der Waals surface area contributed by atoms with Crippen molar-refractivity contribution in [3.8, 4) is 0 Å². The molecule has 0 spiro atoms. The lowest BCUT2D eigenvalue weighted by Crippen LogP contribution is -1.86. The Balaban J connectivity index is 0.000000541. The molecule has 0 bridgehead atoms. The predicted molar refractivity (Wildman–Crippen MR) is 90.0 cm³/mol. The number of benzene rings is 2. The summed E-state index contributed by atoms with van der Waals surface area (Å²) in [6.45, 7) is 4.23. The SMILES string of the molecule is CC(C)=CC=C(c1ccccc1)c1ccccc1.O=C(O)O. The number of carboxylic acid groups (broad SMARTS) is 2. The van der Waals surface area contributed by atoms with Crippen LogP contribution in [0.25, 0.3) is 5.57 Å². The predicted octanol–water partition coefficient (Wildman–Crippen LogP) is 5.31. The maximum absolute atomic E-state index is 8.56. The summed E-state index contributed by atoms with van der Waals surface area (Å²) in [5.74, 6) is 0. The fourth-order valence-corrected chi connectivity index (χ4v) is 1.84. The first kappa shape index (κ1) is 17.2. The molecular weight excluding hydrogens is 276 g/mol. The van der Waals surface area contributed by atoms with Gasteiger partial charge < -0.3 is 10.2 Å². The Kier molecular flexibility index (Phi) is 7.20. The molecule has 0 aliphatic heterocycles. The van der Waals surface area contributed by atoms with Gasteiger partial charge >= 0.3 is 6.16 Å². The molecule has 2 N–H and O–H groups in total. The van der Waals surface area contributed by atoms with E-state index in [2.05, 4.69) is 74.5 Å². The van der Waals surface area contributed by atoms with Crippen LogP contribution in [-0.4, -0.2) is 16.4 Å². The summed E-state index contributed by atoms with van der Waals surface area (Å²) in [5, 5.41) is 13.9. The van der Waals surface area contributed by atoms with Gasteiger partial charge in [-0.25, -0.2) is 4.79 Å². The van der Waals surface area contributed by atoms with E-state index < -0.39 is 6.16 Å². The van der Waals surface area contributed by atoms with Crippen LogP contribution in [0.4, 0.5) is 4.79 Å². The van der Waals surface area contributed by atoms with Gasteiger partial charge in [-0.1, -0.05) is 78.4 Å². The molecule has 22 heavy (non-hydrogen) atoms. The Hall–Kier alpha value is -2.81. The molecular formula is C19H20O3. The largest absolute Gasteiger partial charge is 0.503 e. The second-order valence-electron chi connectivity index (χ2n) is 4.84. The van der Waals surface area contributed by atoms with Crippen molar-refractivity contribution in [2.24, 2.45) is 0 Å². The lowest BCUT2D eigenvalue weighted by molar-refractivity contribution is 0.137. The summed E-state index contributed by atoms with van der Waals surface area (Å²) in [7, 11) is 0. The Labute approximate surface area is 130 Å². The molecule has 0 aliphatic carbocycles. The van der Waals surface area contributed by atoms with Crippen molar-refractivity contribution in [1.82, 2.24) is 0 Å². The fourth-order valence-electron chi connectivity index (χ4n) is 1.84. The van der Waals surface area contributed by atoms with Gasteiger partial charge in [0.25, 0.3) is 0 Å². The number of carbonyl (C=O) groups is 1. The molecule has 0 aromatic heterocycles. The monoisotopic (exact) mass is 296 g/mol. The molecule has 2 aromatic rings. The van der Waals surface area contributed by atoms with Crippen LogP contribution in [0.2, 0.25) is 0 Å². The number of hydrogen-bond donors (Lipinski definition) is 2. The van der Waals surface area contributed by atoms with Crippen LogP contribution in [0.5, 0.6) is 0 Å². The molecule has 0 radical (unpaired) electrons. The lowest BCUT2D eigenvalue weighted by Gasteiger charge is -2.07. The third-order valence-corrected chi connectivity index (χ3v) is 2.75. The second kappa shape index (κ2) is 9.19. The van der Waals surface area contributed by atoms with Crippen LogP contribution in [0.15, 0.2) is 78.4 Å². The van der Waals surface area contributed by atoms with Crippen LogP contribution in [-0.2, 0) is 0 Å². The standard InChI is InChI=1S/C18H18.CH2O3/c1-15(2)13-14-18(16-9-5-3-6-10-16)17-11-7-4-8-12-17;2-1(3)4/h3-14H,1-2H3;(H2,2,3,4). The van der Waals surface area contributed by atoms with Crippen LogP contribution in [0, 0.1) is 0 Å². The normalized spacial score (nSPS) is 9.00. The molecule has 0 unspecified atom stereocenters. The van der Waals surface area contributed by atoms with Gasteiger partial charge in [-0.15, -0.1) is 0 Å². The molecule has 0 aliphatic rings. The van der Waals surface area contributed by atoms with Gasteiger partial charge in [0.2, 0.25) is 0 Å². The molecule has 0 fully saturated rings. The fraction of sp³-hybridized carbons (Fsp3) is 0.105. The van der Waals surface area contributed by atoms with Gasteiger partial charge in [0.05, 0.1) is 0 Å². The van der Waals surface area contributed by atoms with E-state index in [1.807, 2.05) is 12.1 Å². The molecule has 114 valence electrons. The average Bonchev–Trinajstić information content (AvgIpc) is 2.49. The van der Waals surface area contributed by atoms with E-state index in [9.17, 15) is 0 Å². The summed E-state index contributed by atoms with van der Waals surface area (Å²) >= 11 is 0. The van der Waals surface area contributed by atoms with Gasteiger partial charge in [-0.05, 0) is 30.5 Å². The topological polar surface area (TPSA) is 57.5 Å². The van der Waals surface area contributed by atoms with Crippen LogP contribution in [0.3, 0.4) is 0 Å². The Morgan fingerprint density at radius 1 is 0.773 bits per heavy atom. The maximum atomic E-state index is 8.56. The van der Waals surface area contributed by atoms with Crippen molar-refractivity contribution in [3.63, 3.8) is 0 Å². The van der Waals surface area contributed by atoms with E-state index >= 15 is 0 Å². The lowest BCUT2D eigenvalue weighted by atomic mass is 9.97. The Morgan fingerprint density at radius 2 is 1.14 bits per heavy atom. The van der Waals surface area contributed by atoms with Gasteiger partial charge in [0.1, 0.15) is 0 Å². The summed E-state index contributed by atoms with van der Waals surface area (Å²) in [5.41, 5.74) is 5.07. The van der Waals surface area contributed by atoms with E-state index in [4.69, 9.17) is 15.0 Å². The van der Waals surface area contributed by atoms with Crippen molar-refractivity contribution < 1.29 is 15.0 Å².